The van der Waals surface area contributed by atoms with Crippen LogP contribution in [0, 0.1) is 0 Å². The van der Waals surface area contributed by atoms with Crippen molar-refractivity contribution in [3.8, 4) is 17.2 Å². The Morgan fingerprint density at radius 2 is 2.00 bits per heavy atom. The van der Waals surface area contributed by atoms with Crippen LogP contribution in [0.2, 0.25) is 10.0 Å². The number of methoxy groups -OCH3 is 1. The van der Waals surface area contributed by atoms with E-state index in [1.165, 1.54) is 19.2 Å². The molecule has 1 amide bonds. The van der Waals surface area contributed by atoms with Gasteiger partial charge in [0, 0.05) is 22.5 Å². The second-order valence-electron chi connectivity index (χ2n) is 5.85. The molecule has 0 unspecified atom stereocenters. The summed E-state index contributed by atoms with van der Waals surface area (Å²) in [4.78, 5) is 21.3. The molecule has 2 aromatic heterocycles. The minimum absolute atomic E-state index is 0.233. The van der Waals surface area contributed by atoms with Gasteiger partial charge in [-0.1, -0.05) is 29.3 Å². The molecule has 2 heterocycles. The minimum Gasteiger partial charge on any atom is -0.494 e. The molecular weight excluding hydrogens is 401 g/mol. The molecule has 0 atom stereocenters. The average Bonchev–Trinajstić information content (AvgIpc) is 3.12. The van der Waals surface area contributed by atoms with Crippen molar-refractivity contribution in [1.82, 2.24) is 9.97 Å². The van der Waals surface area contributed by atoms with Crippen LogP contribution in [0.5, 0.6) is 5.75 Å². The van der Waals surface area contributed by atoms with Gasteiger partial charge >= 0.3 is 0 Å². The van der Waals surface area contributed by atoms with E-state index in [0.29, 0.717) is 33.4 Å². The van der Waals surface area contributed by atoms with Gasteiger partial charge in [0.2, 0.25) is 5.89 Å². The Morgan fingerprint density at radius 3 is 2.79 bits per heavy atom. The fraction of sp³-hybridized carbons (Fsp3) is 0.0500. The van der Waals surface area contributed by atoms with Crippen molar-refractivity contribution in [3.63, 3.8) is 0 Å². The van der Waals surface area contributed by atoms with Crippen LogP contribution in [0.15, 0.2) is 59.1 Å². The fourth-order valence-corrected chi connectivity index (χ4v) is 3.33. The van der Waals surface area contributed by atoms with Gasteiger partial charge in [-0.05, 0) is 42.5 Å². The first kappa shape index (κ1) is 18.3. The number of fused-ring (bicyclic) bond motifs is 1. The molecule has 140 valence electrons. The zero-order valence-corrected chi connectivity index (χ0v) is 16.1. The van der Waals surface area contributed by atoms with Crippen molar-refractivity contribution in [3.05, 3.63) is 70.3 Å². The van der Waals surface area contributed by atoms with Crippen LogP contribution in [0.25, 0.3) is 22.7 Å². The van der Waals surface area contributed by atoms with Crippen molar-refractivity contribution in [2.75, 3.05) is 12.4 Å². The van der Waals surface area contributed by atoms with E-state index >= 15 is 0 Å². The van der Waals surface area contributed by atoms with Crippen molar-refractivity contribution < 1.29 is 13.9 Å². The van der Waals surface area contributed by atoms with Crippen molar-refractivity contribution in [1.29, 1.82) is 0 Å². The number of halogens is 2. The molecule has 4 rings (SSSR count). The maximum Gasteiger partial charge on any atom is 0.259 e. The third kappa shape index (κ3) is 3.52. The summed E-state index contributed by atoms with van der Waals surface area (Å²) in [6.45, 7) is 0. The van der Waals surface area contributed by atoms with Gasteiger partial charge in [0.25, 0.3) is 5.91 Å². The second kappa shape index (κ2) is 7.50. The van der Waals surface area contributed by atoms with E-state index < -0.39 is 5.91 Å². The number of rotatable bonds is 4. The molecule has 0 spiro atoms. The highest BCUT2D eigenvalue weighted by molar-refractivity contribution is 6.36. The number of amides is 1. The lowest BCUT2D eigenvalue weighted by Crippen LogP contribution is -2.13. The highest BCUT2D eigenvalue weighted by atomic mass is 35.5. The Labute approximate surface area is 170 Å². The topological polar surface area (TPSA) is 77.2 Å². The Bertz CT molecular complexity index is 1160. The SMILES string of the molecule is COc1c(Cl)cc(Cl)cc1C(=O)Nc1cccc(-c2nc3ncccc3o2)c1. The largest absolute Gasteiger partial charge is 0.494 e. The number of oxazole rings is 1. The smallest absolute Gasteiger partial charge is 0.259 e. The Kier molecular flexibility index (Phi) is 4.90. The molecule has 6 nitrogen and oxygen atoms in total. The number of hydrogen-bond donors (Lipinski definition) is 1. The third-order valence-corrected chi connectivity index (χ3v) is 4.49. The van der Waals surface area contributed by atoms with Gasteiger partial charge in [-0.2, -0.15) is 4.98 Å². The molecule has 0 radical (unpaired) electrons. The molecule has 0 fully saturated rings. The van der Waals surface area contributed by atoms with Crippen LogP contribution in [0.3, 0.4) is 0 Å². The van der Waals surface area contributed by atoms with Crippen molar-refractivity contribution >= 4 is 46.0 Å². The number of carbonyl (C=O) groups excluding carboxylic acids is 1. The molecule has 0 aliphatic rings. The Balaban J connectivity index is 1.64. The van der Waals surface area contributed by atoms with Crippen LogP contribution in [-0.4, -0.2) is 23.0 Å². The maximum atomic E-state index is 12.7. The van der Waals surface area contributed by atoms with Crippen LogP contribution < -0.4 is 10.1 Å². The normalized spacial score (nSPS) is 10.8. The average molecular weight is 414 g/mol. The summed E-state index contributed by atoms with van der Waals surface area (Å²) in [6.07, 6.45) is 1.65. The van der Waals surface area contributed by atoms with Gasteiger partial charge in [0.05, 0.1) is 17.7 Å². The highest BCUT2D eigenvalue weighted by Crippen LogP contribution is 2.33. The predicted molar refractivity (Wildman–Crippen MR) is 108 cm³/mol. The first-order valence-corrected chi connectivity index (χ1v) is 8.97. The van der Waals surface area contributed by atoms with Crippen LogP contribution in [0.4, 0.5) is 5.69 Å². The third-order valence-electron chi connectivity index (χ3n) is 3.99. The van der Waals surface area contributed by atoms with E-state index in [-0.39, 0.29) is 16.3 Å². The number of nitrogens with one attached hydrogen (secondary N) is 1. The number of pyridine rings is 1. The monoisotopic (exact) mass is 413 g/mol. The number of carbonyl (C=O) groups is 1. The van der Waals surface area contributed by atoms with E-state index in [4.69, 9.17) is 32.4 Å². The van der Waals surface area contributed by atoms with E-state index in [2.05, 4.69) is 15.3 Å². The summed E-state index contributed by atoms with van der Waals surface area (Å²) in [7, 11) is 1.44. The molecule has 2 aromatic carbocycles. The Morgan fingerprint density at radius 1 is 1.14 bits per heavy atom. The fourth-order valence-electron chi connectivity index (χ4n) is 2.76. The lowest BCUT2D eigenvalue weighted by atomic mass is 10.1. The van der Waals surface area contributed by atoms with E-state index in [1.807, 2.05) is 6.07 Å². The molecule has 0 aliphatic carbocycles. The second-order valence-corrected chi connectivity index (χ2v) is 6.69. The molecule has 0 saturated heterocycles. The summed E-state index contributed by atoms with van der Waals surface area (Å²) in [5.74, 6) is 0.260. The van der Waals surface area contributed by atoms with E-state index in [1.54, 1.807) is 36.5 Å². The van der Waals surface area contributed by atoms with Gasteiger partial charge in [-0.25, -0.2) is 4.98 Å². The number of aromatic nitrogens is 2. The molecule has 8 heteroatoms. The van der Waals surface area contributed by atoms with E-state index in [9.17, 15) is 4.79 Å². The minimum atomic E-state index is -0.405. The Hall–Kier alpha value is -3.09. The highest BCUT2D eigenvalue weighted by Gasteiger charge is 2.17. The zero-order chi connectivity index (χ0) is 19.7. The molecule has 1 N–H and O–H groups in total. The summed E-state index contributed by atoms with van der Waals surface area (Å²) in [6, 6.07) is 13.7. The molecular formula is C20H13Cl2N3O3. The van der Waals surface area contributed by atoms with Gasteiger partial charge < -0.3 is 14.5 Å². The number of ether oxygens (including phenoxy) is 1. The first-order valence-electron chi connectivity index (χ1n) is 8.21. The first-order chi connectivity index (χ1) is 13.5. The number of anilines is 1. The number of benzene rings is 2. The summed E-state index contributed by atoms with van der Waals surface area (Å²) < 4.78 is 11.0. The summed E-state index contributed by atoms with van der Waals surface area (Å²) >= 11 is 12.1. The van der Waals surface area contributed by atoms with Crippen molar-refractivity contribution in [2.45, 2.75) is 0 Å². The van der Waals surface area contributed by atoms with Gasteiger partial charge in [-0.3, -0.25) is 4.79 Å². The maximum absolute atomic E-state index is 12.7. The van der Waals surface area contributed by atoms with Crippen molar-refractivity contribution in [2.24, 2.45) is 0 Å². The lowest BCUT2D eigenvalue weighted by molar-refractivity contribution is 0.102. The zero-order valence-electron chi connectivity index (χ0n) is 14.6. The van der Waals surface area contributed by atoms with Crippen LogP contribution in [-0.2, 0) is 0 Å². The van der Waals surface area contributed by atoms with Crippen LogP contribution in [0.1, 0.15) is 10.4 Å². The molecule has 0 bridgehead atoms. The van der Waals surface area contributed by atoms with Crippen LogP contribution >= 0.6 is 23.2 Å². The summed E-state index contributed by atoms with van der Waals surface area (Å²) in [5, 5.41) is 3.40. The quantitative estimate of drug-likeness (QED) is 0.480. The lowest BCUT2D eigenvalue weighted by Gasteiger charge is -2.12. The van der Waals surface area contributed by atoms with E-state index in [0.717, 1.165) is 0 Å². The predicted octanol–water partition coefficient (Wildman–Crippen LogP) is 5.46. The van der Waals surface area contributed by atoms with Gasteiger partial charge in [0.1, 0.15) is 5.75 Å². The standard InChI is InChI=1S/C20H13Cl2N3O3/c1-27-17-14(9-12(21)10-15(17)22)19(26)24-13-5-2-4-11(8-13)20-25-18-16(28-20)6-3-7-23-18/h2-10H,1H3,(H,24,26). The molecule has 0 saturated carbocycles. The number of hydrogen-bond acceptors (Lipinski definition) is 5. The molecule has 28 heavy (non-hydrogen) atoms. The molecule has 4 aromatic rings. The van der Waals surface area contributed by atoms with Gasteiger partial charge in [-0.15, -0.1) is 0 Å². The molecule has 0 aliphatic heterocycles. The van der Waals surface area contributed by atoms with Gasteiger partial charge in [0.15, 0.2) is 11.2 Å². The summed E-state index contributed by atoms with van der Waals surface area (Å²) in [5.41, 5.74) is 2.59. The number of nitrogens with zero attached hydrogens (tertiary/aromatic N) is 2.